The Morgan fingerprint density at radius 3 is 2.66 bits per heavy atom. The lowest BCUT2D eigenvalue weighted by molar-refractivity contribution is 0.0621. The van der Waals surface area contributed by atoms with E-state index in [-0.39, 0.29) is 11.9 Å². The summed E-state index contributed by atoms with van der Waals surface area (Å²) >= 11 is 0. The van der Waals surface area contributed by atoms with Gasteiger partial charge in [0.25, 0.3) is 5.91 Å². The minimum atomic E-state index is -0.0497. The molecule has 2 bridgehead atoms. The van der Waals surface area contributed by atoms with Crippen LogP contribution < -0.4 is 5.32 Å². The molecule has 0 saturated carbocycles. The first kappa shape index (κ1) is 18.4. The van der Waals surface area contributed by atoms with Gasteiger partial charge in [-0.15, -0.1) is 0 Å². The highest BCUT2D eigenvalue weighted by Crippen LogP contribution is 2.32. The standard InChI is InChI=1S/C24H27N3O2/c1-15(2)17-6-3-4-7-18(17)24-26-22-19(8-5-9-21(22)29-24)23(28)25-20-14-27-12-10-16(20)11-13-27/h3-9,15-16,20H,10-14H2,1-2H3,(H,25,28). The van der Waals surface area contributed by atoms with Crippen LogP contribution in [0.5, 0.6) is 0 Å². The van der Waals surface area contributed by atoms with Crippen molar-refractivity contribution in [2.75, 3.05) is 19.6 Å². The number of carbonyl (C=O) groups excluding carboxylic acids is 1. The molecule has 1 amide bonds. The van der Waals surface area contributed by atoms with Crippen LogP contribution in [0.25, 0.3) is 22.6 Å². The zero-order chi connectivity index (χ0) is 20.0. The van der Waals surface area contributed by atoms with Gasteiger partial charge in [0.05, 0.1) is 5.56 Å². The van der Waals surface area contributed by atoms with Gasteiger partial charge in [-0.25, -0.2) is 4.98 Å². The number of carbonyl (C=O) groups is 1. The normalized spacial score (nSPS) is 23.6. The number of piperidine rings is 3. The summed E-state index contributed by atoms with van der Waals surface area (Å²) in [5, 5.41) is 3.28. The highest BCUT2D eigenvalue weighted by Gasteiger charge is 2.35. The molecule has 150 valence electrons. The van der Waals surface area contributed by atoms with E-state index >= 15 is 0 Å². The lowest BCUT2D eigenvalue weighted by Crippen LogP contribution is -2.57. The first-order chi connectivity index (χ1) is 14.1. The second-order valence-electron chi connectivity index (χ2n) is 8.63. The van der Waals surface area contributed by atoms with Gasteiger partial charge in [0.2, 0.25) is 5.89 Å². The molecule has 0 spiro atoms. The number of hydrogen-bond acceptors (Lipinski definition) is 4. The molecule has 3 aromatic rings. The number of fused-ring (bicyclic) bond motifs is 4. The molecule has 0 aliphatic carbocycles. The number of oxazole rings is 1. The topological polar surface area (TPSA) is 58.4 Å². The van der Waals surface area contributed by atoms with Crippen LogP contribution in [0.15, 0.2) is 46.9 Å². The van der Waals surface area contributed by atoms with Gasteiger partial charge in [-0.05, 0) is 61.5 Å². The Bertz CT molecular complexity index is 1050. The number of rotatable bonds is 4. The molecule has 1 aromatic heterocycles. The SMILES string of the molecule is CC(C)c1ccccc1-c1nc2c(C(=O)NC3CN4CCC3CC4)cccc2o1. The van der Waals surface area contributed by atoms with Crippen LogP contribution in [-0.4, -0.2) is 41.5 Å². The van der Waals surface area contributed by atoms with E-state index in [2.05, 4.69) is 30.1 Å². The van der Waals surface area contributed by atoms with Crippen molar-refractivity contribution in [2.45, 2.75) is 38.6 Å². The monoisotopic (exact) mass is 389 g/mol. The highest BCUT2D eigenvalue weighted by molar-refractivity contribution is 6.05. The fraction of sp³-hybridized carbons (Fsp3) is 0.417. The molecule has 0 radical (unpaired) electrons. The highest BCUT2D eigenvalue weighted by atomic mass is 16.3. The van der Waals surface area contributed by atoms with Gasteiger partial charge in [-0.3, -0.25) is 4.79 Å². The molecular weight excluding hydrogens is 362 g/mol. The van der Waals surface area contributed by atoms with E-state index in [0.29, 0.717) is 34.4 Å². The van der Waals surface area contributed by atoms with E-state index in [1.54, 1.807) is 0 Å². The Morgan fingerprint density at radius 2 is 1.93 bits per heavy atom. The van der Waals surface area contributed by atoms with Crippen molar-refractivity contribution in [2.24, 2.45) is 5.92 Å². The lowest BCUT2D eigenvalue weighted by Gasteiger charge is -2.44. The third kappa shape index (κ3) is 3.33. The number of benzene rings is 2. The Balaban J connectivity index is 1.47. The fourth-order valence-corrected chi connectivity index (χ4v) is 4.82. The van der Waals surface area contributed by atoms with E-state index in [1.807, 2.05) is 36.4 Å². The second kappa shape index (κ2) is 7.30. The van der Waals surface area contributed by atoms with Gasteiger partial charge in [0.1, 0.15) is 5.52 Å². The minimum Gasteiger partial charge on any atom is -0.436 e. The van der Waals surface area contributed by atoms with Gasteiger partial charge >= 0.3 is 0 Å². The molecule has 5 heteroatoms. The van der Waals surface area contributed by atoms with Crippen molar-refractivity contribution in [3.05, 3.63) is 53.6 Å². The number of aromatic nitrogens is 1. The van der Waals surface area contributed by atoms with Crippen molar-refractivity contribution >= 4 is 17.0 Å². The summed E-state index contributed by atoms with van der Waals surface area (Å²) in [6.45, 7) is 7.60. The van der Waals surface area contributed by atoms with Gasteiger partial charge in [0.15, 0.2) is 5.58 Å². The van der Waals surface area contributed by atoms with E-state index in [1.165, 1.54) is 18.4 Å². The molecule has 2 aromatic carbocycles. The van der Waals surface area contributed by atoms with Crippen molar-refractivity contribution in [3.8, 4) is 11.5 Å². The number of nitrogens with zero attached hydrogens (tertiary/aromatic N) is 2. The van der Waals surface area contributed by atoms with Crippen LogP contribution in [0, 0.1) is 5.92 Å². The quantitative estimate of drug-likeness (QED) is 0.717. The number of para-hydroxylation sites is 1. The maximum atomic E-state index is 13.1. The van der Waals surface area contributed by atoms with Crippen LogP contribution in [0.4, 0.5) is 0 Å². The van der Waals surface area contributed by atoms with Gasteiger partial charge < -0.3 is 14.6 Å². The van der Waals surface area contributed by atoms with Crippen LogP contribution in [-0.2, 0) is 0 Å². The molecule has 3 aliphatic rings. The molecular formula is C24H27N3O2. The van der Waals surface area contributed by atoms with Gasteiger partial charge in [-0.1, -0.05) is 38.1 Å². The molecule has 1 unspecified atom stereocenters. The van der Waals surface area contributed by atoms with Crippen molar-refractivity contribution in [1.29, 1.82) is 0 Å². The number of nitrogens with one attached hydrogen (secondary N) is 1. The van der Waals surface area contributed by atoms with Crippen LogP contribution >= 0.6 is 0 Å². The van der Waals surface area contributed by atoms with E-state index in [4.69, 9.17) is 9.40 Å². The Hall–Kier alpha value is -2.66. The summed E-state index contributed by atoms with van der Waals surface area (Å²) in [7, 11) is 0. The van der Waals surface area contributed by atoms with Crippen molar-refractivity contribution in [1.82, 2.24) is 15.2 Å². The summed E-state index contributed by atoms with van der Waals surface area (Å²) in [4.78, 5) is 20.3. The molecule has 3 aliphatic heterocycles. The predicted molar refractivity (Wildman–Crippen MR) is 114 cm³/mol. The first-order valence-electron chi connectivity index (χ1n) is 10.6. The van der Waals surface area contributed by atoms with E-state index < -0.39 is 0 Å². The average molecular weight is 389 g/mol. The Morgan fingerprint density at radius 1 is 1.14 bits per heavy atom. The zero-order valence-corrected chi connectivity index (χ0v) is 17.0. The molecule has 5 nitrogen and oxygen atoms in total. The van der Waals surface area contributed by atoms with E-state index in [0.717, 1.165) is 25.2 Å². The zero-order valence-electron chi connectivity index (χ0n) is 17.0. The summed E-state index contributed by atoms with van der Waals surface area (Å²) in [6.07, 6.45) is 2.35. The molecule has 1 N–H and O–H groups in total. The lowest BCUT2D eigenvalue weighted by atomic mass is 9.84. The average Bonchev–Trinajstić information content (AvgIpc) is 3.19. The Kier molecular flexibility index (Phi) is 4.63. The summed E-state index contributed by atoms with van der Waals surface area (Å²) in [6, 6.07) is 14.0. The largest absolute Gasteiger partial charge is 0.436 e. The molecule has 3 fully saturated rings. The summed E-state index contributed by atoms with van der Waals surface area (Å²) < 4.78 is 6.08. The van der Waals surface area contributed by atoms with Crippen LogP contribution in [0.1, 0.15) is 48.5 Å². The Labute approximate surface area is 171 Å². The number of amides is 1. The third-order valence-corrected chi connectivity index (χ3v) is 6.45. The smallest absolute Gasteiger partial charge is 0.253 e. The van der Waals surface area contributed by atoms with Crippen molar-refractivity contribution in [3.63, 3.8) is 0 Å². The van der Waals surface area contributed by atoms with Gasteiger partial charge in [0, 0.05) is 18.2 Å². The molecule has 4 heterocycles. The molecule has 3 saturated heterocycles. The molecule has 29 heavy (non-hydrogen) atoms. The first-order valence-corrected chi connectivity index (χ1v) is 10.6. The third-order valence-electron chi connectivity index (χ3n) is 6.45. The van der Waals surface area contributed by atoms with Gasteiger partial charge in [-0.2, -0.15) is 0 Å². The fourth-order valence-electron chi connectivity index (χ4n) is 4.82. The second-order valence-corrected chi connectivity index (χ2v) is 8.63. The molecule has 6 rings (SSSR count). The maximum absolute atomic E-state index is 13.1. The van der Waals surface area contributed by atoms with Crippen molar-refractivity contribution < 1.29 is 9.21 Å². The summed E-state index contributed by atoms with van der Waals surface area (Å²) in [5.41, 5.74) is 4.07. The minimum absolute atomic E-state index is 0.0497. The van der Waals surface area contributed by atoms with Crippen LogP contribution in [0.3, 0.4) is 0 Å². The predicted octanol–water partition coefficient (Wildman–Crippen LogP) is 4.44. The van der Waals surface area contributed by atoms with Crippen LogP contribution in [0.2, 0.25) is 0 Å². The number of hydrogen-bond donors (Lipinski definition) is 1. The van der Waals surface area contributed by atoms with E-state index in [9.17, 15) is 4.79 Å². The summed E-state index contributed by atoms with van der Waals surface area (Å²) in [5.74, 6) is 1.48. The maximum Gasteiger partial charge on any atom is 0.253 e. The molecule has 1 atom stereocenters.